The number of nitrogens with one attached hydrogen (secondary N) is 2. The zero-order chi connectivity index (χ0) is 13.8. The van der Waals surface area contributed by atoms with Crippen molar-refractivity contribution in [2.45, 2.75) is 45.7 Å². The topological polar surface area (TPSA) is 70.6 Å². The monoisotopic (exact) mass is 403 g/mol. The summed E-state index contributed by atoms with van der Waals surface area (Å²) >= 11 is 0. The lowest BCUT2D eigenvalue weighted by molar-refractivity contribution is 0.580. The molecule has 0 aromatic heterocycles. The molecule has 0 aromatic rings. The molecule has 3 unspecified atom stereocenters. The highest BCUT2D eigenvalue weighted by Crippen LogP contribution is 2.28. The second kappa shape index (κ2) is 8.28. The molecule has 0 amide bonds. The standard InChI is InChI=1S/C12H25N3O2S.HI/c1-5-13-12(15-11-8-9(11)2)14-10(3)6-7-18(4,16)17;/h9-11H,5-8H2,1-4H3,(H2,13,14,15);1H. The lowest BCUT2D eigenvalue weighted by Gasteiger charge is -2.18. The Morgan fingerprint density at radius 3 is 2.47 bits per heavy atom. The number of guanidine groups is 1. The molecule has 1 fully saturated rings. The average Bonchev–Trinajstić information content (AvgIpc) is 2.91. The van der Waals surface area contributed by atoms with Crippen molar-refractivity contribution in [3.05, 3.63) is 0 Å². The second-order valence-electron chi connectivity index (χ2n) is 5.25. The van der Waals surface area contributed by atoms with Crippen molar-refractivity contribution < 1.29 is 8.42 Å². The van der Waals surface area contributed by atoms with Crippen LogP contribution in [0.25, 0.3) is 0 Å². The number of hydrogen-bond donors (Lipinski definition) is 2. The Morgan fingerprint density at radius 1 is 1.47 bits per heavy atom. The minimum absolute atomic E-state index is 0. The van der Waals surface area contributed by atoms with Crippen LogP contribution in [0.15, 0.2) is 4.99 Å². The van der Waals surface area contributed by atoms with E-state index in [9.17, 15) is 8.42 Å². The van der Waals surface area contributed by atoms with Gasteiger partial charge in [0.1, 0.15) is 9.84 Å². The summed E-state index contributed by atoms with van der Waals surface area (Å²) in [5.74, 6) is 1.72. The summed E-state index contributed by atoms with van der Waals surface area (Å²) in [6, 6.07) is 0.622. The van der Waals surface area contributed by atoms with E-state index in [1.54, 1.807) is 0 Å². The molecular formula is C12H26IN3O2S. The second-order valence-corrected chi connectivity index (χ2v) is 7.51. The van der Waals surface area contributed by atoms with Crippen LogP contribution in [0.2, 0.25) is 0 Å². The fourth-order valence-corrected chi connectivity index (χ4v) is 2.47. The Balaban J connectivity index is 0.00000324. The normalized spacial score (nSPS) is 24.3. The summed E-state index contributed by atoms with van der Waals surface area (Å²) < 4.78 is 22.2. The van der Waals surface area contributed by atoms with Gasteiger partial charge in [-0.05, 0) is 32.6 Å². The highest BCUT2D eigenvalue weighted by molar-refractivity contribution is 14.0. The van der Waals surface area contributed by atoms with Crippen LogP contribution in [-0.4, -0.2) is 45.0 Å². The molecule has 0 aliphatic heterocycles. The maximum atomic E-state index is 11.1. The van der Waals surface area contributed by atoms with Crippen LogP contribution in [0.4, 0.5) is 0 Å². The number of aliphatic imine (C=N–C) groups is 1. The average molecular weight is 403 g/mol. The zero-order valence-corrected chi connectivity index (χ0v) is 15.3. The predicted octanol–water partition coefficient (Wildman–Crippen LogP) is 1.39. The Kier molecular flexibility index (Phi) is 8.26. The van der Waals surface area contributed by atoms with Crippen LogP contribution in [0.5, 0.6) is 0 Å². The highest BCUT2D eigenvalue weighted by atomic mass is 127. The van der Waals surface area contributed by atoms with Gasteiger partial charge < -0.3 is 10.6 Å². The van der Waals surface area contributed by atoms with Crippen molar-refractivity contribution in [1.82, 2.24) is 10.6 Å². The summed E-state index contributed by atoms with van der Waals surface area (Å²) in [5, 5.41) is 6.62. The molecule has 0 radical (unpaired) electrons. The molecule has 1 saturated carbocycles. The summed E-state index contributed by atoms with van der Waals surface area (Å²) in [4.78, 5) is 4.37. The van der Waals surface area contributed by atoms with E-state index < -0.39 is 9.84 Å². The maximum absolute atomic E-state index is 11.1. The molecular weight excluding hydrogens is 377 g/mol. The smallest absolute Gasteiger partial charge is 0.191 e. The first kappa shape index (κ1) is 18.9. The Hall–Kier alpha value is -0.0500. The van der Waals surface area contributed by atoms with Gasteiger partial charge in [0.15, 0.2) is 5.96 Å². The van der Waals surface area contributed by atoms with E-state index in [-0.39, 0.29) is 35.8 Å². The van der Waals surface area contributed by atoms with Gasteiger partial charge in [-0.3, -0.25) is 4.99 Å². The Morgan fingerprint density at radius 2 is 2.05 bits per heavy atom. The van der Waals surface area contributed by atoms with Gasteiger partial charge in [-0.25, -0.2) is 8.42 Å². The van der Waals surface area contributed by atoms with Crippen LogP contribution in [0, 0.1) is 5.92 Å². The fourth-order valence-electron chi connectivity index (χ4n) is 1.69. The molecule has 1 rings (SSSR count). The lowest BCUT2D eigenvalue weighted by Crippen LogP contribution is -2.44. The van der Waals surface area contributed by atoms with Gasteiger partial charge in [0.2, 0.25) is 0 Å². The fraction of sp³-hybridized carbons (Fsp3) is 0.917. The van der Waals surface area contributed by atoms with Gasteiger partial charge in [-0.15, -0.1) is 24.0 Å². The van der Waals surface area contributed by atoms with Gasteiger partial charge in [-0.2, -0.15) is 0 Å². The number of hydrogen-bond acceptors (Lipinski definition) is 3. The van der Waals surface area contributed by atoms with Crippen molar-refractivity contribution in [3.8, 4) is 0 Å². The van der Waals surface area contributed by atoms with Gasteiger partial charge in [-0.1, -0.05) is 6.92 Å². The van der Waals surface area contributed by atoms with Crippen LogP contribution in [-0.2, 0) is 9.84 Å². The Labute approximate surface area is 134 Å². The Bertz CT molecular complexity index is 398. The molecule has 5 nitrogen and oxygen atoms in total. The molecule has 0 spiro atoms. The van der Waals surface area contributed by atoms with Crippen LogP contribution in [0.1, 0.15) is 33.6 Å². The van der Waals surface area contributed by atoms with E-state index in [1.165, 1.54) is 12.7 Å². The number of halogens is 1. The molecule has 3 atom stereocenters. The SMILES string of the molecule is CCN=C(NC(C)CCS(C)(=O)=O)NC1CC1C.I. The minimum Gasteiger partial charge on any atom is -0.354 e. The zero-order valence-electron chi connectivity index (χ0n) is 12.1. The van der Waals surface area contributed by atoms with Crippen molar-refractivity contribution in [2.24, 2.45) is 10.9 Å². The van der Waals surface area contributed by atoms with Crippen molar-refractivity contribution in [1.29, 1.82) is 0 Å². The third-order valence-electron chi connectivity index (χ3n) is 3.05. The first-order valence-corrected chi connectivity index (χ1v) is 8.63. The summed E-state index contributed by atoms with van der Waals surface area (Å²) in [5.41, 5.74) is 0. The molecule has 0 bridgehead atoms. The predicted molar refractivity (Wildman–Crippen MR) is 91.0 cm³/mol. The minimum atomic E-state index is -2.89. The molecule has 0 saturated heterocycles. The summed E-state index contributed by atoms with van der Waals surface area (Å²) in [7, 11) is -2.89. The van der Waals surface area contributed by atoms with Gasteiger partial charge in [0.05, 0.1) is 5.75 Å². The summed E-state index contributed by atoms with van der Waals surface area (Å²) in [6.07, 6.45) is 3.05. The molecule has 19 heavy (non-hydrogen) atoms. The van der Waals surface area contributed by atoms with Crippen LogP contribution < -0.4 is 10.6 Å². The first-order valence-electron chi connectivity index (χ1n) is 6.57. The molecule has 2 N–H and O–H groups in total. The van der Waals surface area contributed by atoms with Crippen molar-refractivity contribution in [2.75, 3.05) is 18.6 Å². The number of sulfone groups is 1. The first-order chi connectivity index (χ1) is 8.31. The van der Waals surface area contributed by atoms with Gasteiger partial charge in [0.25, 0.3) is 0 Å². The van der Waals surface area contributed by atoms with Crippen molar-refractivity contribution >= 4 is 39.8 Å². The third kappa shape index (κ3) is 8.67. The molecule has 7 heteroatoms. The third-order valence-corrected chi connectivity index (χ3v) is 4.03. The largest absolute Gasteiger partial charge is 0.354 e. The molecule has 114 valence electrons. The van der Waals surface area contributed by atoms with E-state index in [4.69, 9.17) is 0 Å². The molecule has 0 aromatic carbocycles. The van der Waals surface area contributed by atoms with Crippen LogP contribution in [0.3, 0.4) is 0 Å². The van der Waals surface area contributed by atoms with E-state index in [0.29, 0.717) is 18.4 Å². The molecule has 1 aliphatic rings. The molecule has 1 aliphatic carbocycles. The van der Waals surface area contributed by atoms with Crippen molar-refractivity contribution in [3.63, 3.8) is 0 Å². The van der Waals surface area contributed by atoms with E-state index >= 15 is 0 Å². The van der Waals surface area contributed by atoms with E-state index in [0.717, 1.165) is 12.5 Å². The molecule has 0 heterocycles. The lowest BCUT2D eigenvalue weighted by atomic mass is 10.3. The maximum Gasteiger partial charge on any atom is 0.191 e. The highest BCUT2D eigenvalue weighted by Gasteiger charge is 2.33. The quantitative estimate of drug-likeness (QED) is 0.400. The number of rotatable bonds is 6. The number of nitrogens with zero attached hydrogens (tertiary/aromatic N) is 1. The van der Waals surface area contributed by atoms with Gasteiger partial charge >= 0.3 is 0 Å². The van der Waals surface area contributed by atoms with E-state index in [1.807, 2.05) is 13.8 Å². The van der Waals surface area contributed by atoms with E-state index in [2.05, 4.69) is 22.5 Å². The van der Waals surface area contributed by atoms with Crippen LogP contribution >= 0.6 is 24.0 Å². The summed E-state index contributed by atoms with van der Waals surface area (Å²) in [6.45, 7) is 6.89. The van der Waals surface area contributed by atoms with Gasteiger partial charge in [0, 0.05) is 24.9 Å².